The van der Waals surface area contributed by atoms with Gasteiger partial charge in [0.15, 0.2) is 0 Å². The zero-order valence-electron chi connectivity index (χ0n) is 16.7. The van der Waals surface area contributed by atoms with Gasteiger partial charge in [-0.1, -0.05) is 47.5 Å². The van der Waals surface area contributed by atoms with Gasteiger partial charge in [-0.3, -0.25) is 15.2 Å². The van der Waals surface area contributed by atoms with E-state index in [0.717, 1.165) is 30.4 Å². The lowest BCUT2D eigenvalue weighted by atomic mass is 9.81. The van der Waals surface area contributed by atoms with Crippen molar-refractivity contribution in [3.05, 3.63) is 63.1 Å². The highest BCUT2D eigenvalue weighted by molar-refractivity contribution is 6.35. The van der Waals surface area contributed by atoms with Gasteiger partial charge >= 0.3 is 5.97 Å². The third-order valence-corrected chi connectivity index (χ3v) is 5.85. The van der Waals surface area contributed by atoms with Crippen molar-refractivity contribution < 1.29 is 14.7 Å². The van der Waals surface area contributed by atoms with Crippen molar-refractivity contribution in [2.45, 2.75) is 44.6 Å². The van der Waals surface area contributed by atoms with Crippen LogP contribution in [0, 0.1) is 0 Å². The first-order valence-corrected chi connectivity index (χ1v) is 10.6. The minimum Gasteiger partial charge on any atom is -0.480 e. The summed E-state index contributed by atoms with van der Waals surface area (Å²) in [5.74, 6) is -1.65. The van der Waals surface area contributed by atoms with Crippen molar-refractivity contribution in [1.29, 1.82) is 0 Å². The molecule has 4 N–H and O–H groups in total. The SMILES string of the molecule is CC(=O)NN1c2cc(Cl)cc(Cl)c2[C@H](c2ccc(CCCCN)cc2)C[C@H]1C(=O)O. The van der Waals surface area contributed by atoms with E-state index in [4.69, 9.17) is 28.9 Å². The molecule has 8 heteroatoms. The lowest BCUT2D eigenvalue weighted by Crippen LogP contribution is -2.54. The Bertz CT molecular complexity index is 934. The molecule has 30 heavy (non-hydrogen) atoms. The molecule has 0 aliphatic carbocycles. The summed E-state index contributed by atoms with van der Waals surface area (Å²) in [5.41, 5.74) is 11.6. The van der Waals surface area contributed by atoms with Crippen LogP contribution in [-0.4, -0.2) is 29.6 Å². The first-order valence-electron chi connectivity index (χ1n) is 9.89. The fraction of sp³-hybridized carbons (Fsp3) is 0.364. The number of nitrogens with zero attached hydrogens (tertiary/aromatic N) is 1. The van der Waals surface area contributed by atoms with Crippen molar-refractivity contribution in [3.8, 4) is 0 Å². The zero-order chi connectivity index (χ0) is 21.8. The quantitative estimate of drug-likeness (QED) is 0.552. The Balaban J connectivity index is 2.03. The maximum absolute atomic E-state index is 12.0. The van der Waals surface area contributed by atoms with Crippen LogP contribution in [0.4, 0.5) is 5.69 Å². The van der Waals surface area contributed by atoms with Crippen LogP contribution in [0.2, 0.25) is 10.0 Å². The van der Waals surface area contributed by atoms with Crippen LogP contribution in [0.3, 0.4) is 0 Å². The number of unbranched alkanes of at least 4 members (excludes halogenated alkanes) is 1. The van der Waals surface area contributed by atoms with E-state index in [1.54, 1.807) is 12.1 Å². The summed E-state index contributed by atoms with van der Waals surface area (Å²) >= 11 is 12.8. The number of hydrazine groups is 1. The van der Waals surface area contributed by atoms with Crippen LogP contribution >= 0.6 is 23.2 Å². The number of hydrogen-bond acceptors (Lipinski definition) is 4. The number of aryl methyl sites for hydroxylation is 1. The van der Waals surface area contributed by atoms with E-state index in [1.807, 2.05) is 12.1 Å². The van der Waals surface area contributed by atoms with E-state index in [2.05, 4.69) is 17.6 Å². The minimum atomic E-state index is -1.03. The second-order valence-electron chi connectivity index (χ2n) is 7.49. The lowest BCUT2D eigenvalue weighted by Gasteiger charge is -2.40. The van der Waals surface area contributed by atoms with Crippen molar-refractivity contribution >= 4 is 40.8 Å². The molecule has 3 rings (SSSR count). The van der Waals surface area contributed by atoms with Gasteiger partial charge in [0.1, 0.15) is 6.04 Å². The Kier molecular flexibility index (Phi) is 7.23. The summed E-state index contributed by atoms with van der Waals surface area (Å²) in [6.45, 7) is 2.01. The van der Waals surface area contributed by atoms with Gasteiger partial charge in [-0.05, 0) is 55.5 Å². The molecular formula is C22H25Cl2N3O3. The van der Waals surface area contributed by atoms with Crippen LogP contribution < -0.4 is 16.2 Å². The number of fused-ring (bicyclic) bond motifs is 1. The smallest absolute Gasteiger partial charge is 0.328 e. The largest absolute Gasteiger partial charge is 0.480 e. The third-order valence-electron chi connectivity index (χ3n) is 5.32. The molecule has 1 amide bonds. The zero-order valence-corrected chi connectivity index (χ0v) is 18.2. The first-order chi connectivity index (χ1) is 14.3. The lowest BCUT2D eigenvalue weighted by molar-refractivity contribution is -0.139. The summed E-state index contributed by atoms with van der Waals surface area (Å²) in [6.07, 6.45) is 3.21. The second-order valence-corrected chi connectivity index (χ2v) is 8.33. The molecule has 0 aromatic heterocycles. The fourth-order valence-corrected chi connectivity index (χ4v) is 4.56. The van der Waals surface area contributed by atoms with Crippen molar-refractivity contribution in [3.63, 3.8) is 0 Å². The highest BCUT2D eigenvalue weighted by Crippen LogP contribution is 2.46. The van der Waals surface area contributed by atoms with E-state index in [0.29, 0.717) is 22.3 Å². The molecule has 0 unspecified atom stereocenters. The van der Waals surface area contributed by atoms with Gasteiger partial charge in [0.25, 0.3) is 0 Å². The molecule has 1 heterocycles. The van der Waals surface area contributed by atoms with Gasteiger partial charge in [0.05, 0.1) is 5.69 Å². The number of amides is 1. The number of carbonyl (C=O) groups is 2. The summed E-state index contributed by atoms with van der Waals surface area (Å²) in [7, 11) is 0. The number of aliphatic carboxylic acids is 1. The Morgan fingerprint density at radius 1 is 1.20 bits per heavy atom. The molecule has 0 radical (unpaired) electrons. The van der Waals surface area contributed by atoms with Crippen molar-refractivity contribution in [2.75, 3.05) is 11.6 Å². The van der Waals surface area contributed by atoms with E-state index in [1.165, 1.54) is 17.5 Å². The topological polar surface area (TPSA) is 95.7 Å². The monoisotopic (exact) mass is 449 g/mol. The molecule has 0 fully saturated rings. The molecule has 2 aromatic rings. The number of anilines is 1. The average Bonchev–Trinajstić information content (AvgIpc) is 2.68. The third kappa shape index (κ3) is 4.89. The van der Waals surface area contributed by atoms with E-state index in [9.17, 15) is 14.7 Å². The number of carbonyl (C=O) groups excluding carboxylic acids is 1. The summed E-state index contributed by atoms with van der Waals surface area (Å²) < 4.78 is 0. The molecule has 2 atom stereocenters. The number of nitrogens with two attached hydrogens (primary N) is 1. The van der Waals surface area contributed by atoms with E-state index in [-0.39, 0.29) is 18.2 Å². The summed E-state index contributed by atoms with van der Waals surface area (Å²) in [6, 6.07) is 10.5. The van der Waals surface area contributed by atoms with Crippen LogP contribution in [0.15, 0.2) is 36.4 Å². The van der Waals surface area contributed by atoms with Crippen LogP contribution in [0.1, 0.15) is 48.8 Å². The molecule has 1 aliphatic heterocycles. The van der Waals surface area contributed by atoms with E-state index >= 15 is 0 Å². The highest BCUT2D eigenvalue weighted by Gasteiger charge is 2.39. The number of rotatable bonds is 7. The molecule has 0 bridgehead atoms. The first kappa shape index (κ1) is 22.4. The molecule has 0 saturated heterocycles. The van der Waals surface area contributed by atoms with Gasteiger partial charge < -0.3 is 10.8 Å². The molecule has 160 valence electrons. The van der Waals surface area contributed by atoms with Crippen molar-refractivity contribution in [1.82, 2.24) is 5.43 Å². The Hall–Kier alpha value is -2.28. The summed E-state index contributed by atoms with van der Waals surface area (Å²) in [4.78, 5) is 23.8. The molecule has 0 spiro atoms. The maximum Gasteiger partial charge on any atom is 0.328 e. The van der Waals surface area contributed by atoms with Gasteiger partial charge in [0.2, 0.25) is 5.91 Å². The average molecular weight is 450 g/mol. The molecule has 6 nitrogen and oxygen atoms in total. The van der Waals surface area contributed by atoms with Crippen molar-refractivity contribution in [2.24, 2.45) is 5.73 Å². The fourth-order valence-electron chi connectivity index (χ4n) is 3.94. The number of carboxylic acid groups (broad SMARTS) is 1. The highest BCUT2D eigenvalue weighted by atomic mass is 35.5. The Morgan fingerprint density at radius 2 is 1.90 bits per heavy atom. The van der Waals surface area contributed by atoms with Crippen LogP contribution in [0.25, 0.3) is 0 Å². The standard InChI is InChI=1S/C22H25Cl2N3O3/c1-13(28)26-27-19-11-16(23)10-18(24)21(19)17(12-20(27)22(29)30)15-7-5-14(6-8-15)4-2-3-9-25/h5-8,10-11,17,20H,2-4,9,12,25H2,1H3,(H,26,28)(H,29,30)/t17-,20-/m0/s1. The second kappa shape index (κ2) is 9.69. The van der Waals surface area contributed by atoms with Crippen LogP contribution in [-0.2, 0) is 16.0 Å². The number of nitrogens with one attached hydrogen (secondary N) is 1. The van der Waals surface area contributed by atoms with Gasteiger partial charge in [-0.2, -0.15) is 0 Å². The van der Waals surface area contributed by atoms with Crippen LogP contribution in [0.5, 0.6) is 0 Å². The number of benzene rings is 2. The predicted molar refractivity (Wildman–Crippen MR) is 119 cm³/mol. The number of halogens is 2. The molecule has 2 aromatic carbocycles. The van der Waals surface area contributed by atoms with E-state index < -0.39 is 12.0 Å². The molecule has 1 aliphatic rings. The van der Waals surface area contributed by atoms with Gasteiger partial charge in [-0.15, -0.1) is 0 Å². The Labute approximate surface area is 185 Å². The number of hydrogen-bond donors (Lipinski definition) is 3. The van der Waals surface area contributed by atoms with Gasteiger partial charge in [0, 0.05) is 28.5 Å². The minimum absolute atomic E-state index is 0.242. The maximum atomic E-state index is 12.0. The Morgan fingerprint density at radius 3 is 2.50 bits per heavy atom. The number of carboxylic acids is 1. The predicted octanol–water partition coefficient (Wildman–Crippen LogP) is 4.12. The summed E-state index contributed by atoms with van der Waals surface area (Å²) in [5, 5.41) is 12.0. The van der Waals surface area contributed by atoms with Gasteiger partial charge in [-0.25, -0.2) is 4.79 Å². The molecule has 0 saturated carbocycles. The molecular weight excluding hydrogens is 425 g/mol. The normalized spacial score (nSPS) is 18.1.